The number of fused-ring (bicyclic) bond motifs is 1. The van der Waals surface area contributed by atoms with E-state index in [4.69, 9.17) is 4.52 Å². The summed E-state index contributed by atoms with van der Waals surface area (Å²) in [5, 5.41) is 15.8. The van der Waals surface area contributed by atoms with Crippen molar-refractivity contribution in [3.05, 3.63) is 28.3 Å². The van der Waals surface area contributed by atoms with Crippen LogP contribution in [-0.2, 0) is 24.7 Å². The summed E-state index contributed by atoms with van der Waals surface area (Å²) in [6.45, 7) is 4.08. The average molecular weight is 418 g/mol. The molecule has 4 rings (SSSR count). The zero-order valence-corrected chi connectivity index (χ0v) is 17.8. The van der Waals surface area contributed by atoms with Gasteiger partial charge in [-0.25, -0.2) is 0 Å². The summed E-state index contributed by atoms with van der Waals surface area (Å²) in [4.78, 5) is 14.7. The summed E-state index contributed by atoms with van der Waals surface area (Å²) >= 11 is 3.18. The van der Waals surface area contributed by atoms with E-state index in [0.29, 0.717) is 5.88 Å². The van der Waals surface area contributed by atoms with Gasteiger partial charge in [0.1, 0.15) is 0 Å². The quantitative estimate of drug-likeness (QED) is 0.608. The first-order chi connectivity index (χ1) is 13.5. The van der Waals surface area contributed by atoms with E-state index in [9.17, 15) is 4.79 Å². The highest BCUT2D eigenvalue weighted by Gasteiger charge is 2.22. The molecule has 0 saturated carbocycles. The van der Waals surface area contributed by atoms with Gasteiger partial charge in [0.25, 0.3) is 0 Å². The number of nitrogens with zero attached hydrogens (tertiary/aromatic N) is 4. The van der Waals surface area contributed by atoms with Gasteiger partial charge in [0.2, 0.25) is 11.8 Å². The molecule has 1 amide bonds. The summed E-state index contributed by atoms with van der Waals surface area (Å²) in [7, 11) is 1.95. The molecule has 9 heteroatoms. The first kappa shape index (κ1) is 19.2. The Morgan fingerprint density at radius 1 is 1.43 bits per heavy atom. The van der Waals surface area contributed by atoms with Crippen molar-refractivity contribution in [2.75, 3.05) is 11.1 Å². The SMILES string of the molecule is CCC1CCc2sc(-c3nnc(SCC(=O)Nc4cc(C)no4)n3C)cc2C1. The second-order valence-corrected chi connectivity index (χ2v) is 9.19. The van der Waals surface area contributed by atoms with E-state index in [2.05, 4.69) is 33.7 Å². The number of rotatable bonds is 6. The summed E-state index contributed by atoms with van der Waals surface area (Å²) in [6, 6.07) is 3.96. The van der Waals surface area contributed by atoms with Crippen LogP contribution in [-0.4, -0.2) is 31.6 Å². The summed E-state index contributed by atoms with van der Waals surface area (Å²) in [6.07, 6.45) is 4.86. The zero-order chi connectivity index (χ0) is 19.7. The number of hydrogen-bond acceptors (Lipinski definition) is 7. The van der Waals surface area contributed by atoms with Crippen molar-refractivity contribution in [3.63, 3.8) is 0 Å². The maximum Gasteiger partial charge on any atom is 0.237 e. The van der Waals surface area contributed by atoms with Crippen LogP contribution in [0.15, 0.2) is 21.8 Å². The molecule has 0 bridgehead atoms. The number of aromatic nitrogens is 4. The highest BCUT2D eigenvalue weighted by molar-refractivity contribution is 7.99. The molecule has 1 unspecified atom stereocenters. The molecule has 1 N–H and O–H groups in total. The van der Waals surface area contributed by atoms with Gasteiger partial charge in [-0.2, -0.15) is 0 Å². The molecule has 0 aliphatic heterocycles. The third-order valence-electron chi connectivity index (χ3n) is 5.04. The van der Waals surface area contributed by atoms with E-state index in [0.717, 1.165) is 27.5 Å². The van der Waals surface area contributed by atoms with E-state index in [-0.39, 0.29) is 11.7 Å². The highest BCUT2D eigenvalue weighted by Crippen LogP contribution is 2.38. The van der Waals surface area contributed by atoms with Crippen molar-refractivity contribution in [3.8, 4) is 10.7 Å². The zero-order valence-electron chi connectivity index (χ0n) is 16.2. The van der Waals surface area contributed by atoms with Gasteiger partial charge < -0.3 is 9.09 Å². The Morgan fingerprint density at radius 2 is 2.29 bits per heavy atom. The van der Waals surface area contributed by atoms with Crippen molar-refractivity contribution >= 4 is 34.9 Å². The Hall–Kier alpha value is -2.13. The lowest BCUT2D eigenvalue weighted by Gasteiger charge is -2.19. The number of amides is 1. The van der Waals surface area contributed by atoms with Gasteiger partial charge in [-0.05, 0) is 43.7 Å². The van der Waals surface area contributed by atoms with Gasteiger partial charge in [0.05, 0.1) is 16.3 Å². The fourth-order valence-corrected chi connectivity index (χ4v) is 5.38. The van der Waals surface area contributed by atoms with Crippen molar-refractivity contribution in [1.29, 1.82) is 0 Å². The number of carbonyl (C=O) groups excluding carboxylic acids is 1. The van der Waals surface area contributed by atoms with E-state index >= 15 is 0 Å². The molecule has 3 heterocycles. The van der Waals surface area contributed by atoms with Gasteiger partial charge in [-0.15, -0.1) is 21.5 Å². The Bertz CT molecular complexity index is 991. The minimum Gasteiger partial charge on any atom is -0.338 e. The van der Waals surface area contributed by atoms with Gasteiger partial charge in [0.15, 0.2) is 11.0 Å². The maximum atomic E-state index is 12.1. The van der Waals surface area contributed by atoms with Crippen LogP contribution in [0, 0.1) is 12.8 Å². The molecule has 0 fully saturated rings. The lowest BCUT2D eigenvalue weighted by molar-refractivity contribution is -0.113. The summed E-state index contributed by atoms with van der Waals surface area (Å²) in [5.74, 6) is 2.08. The van der Waals surface area contributed by atoms with Crippen molar-refractivity contribution in [2.24, 2.45) is 13.0 Å². The van der Waals surface area contributed by atoms with Gasteiger partial charge in [-0.3, -0.25) is 10.1 Å². The first-order valence-corrected chi connectivity index (χ1v) is 11.2. The number of nitrogens with one attached hydrogen (secondary N) is 1. The number of carbonyl (C=O) groups is 1. The van der Waals surface area contributed by atoms with Crippen LogP contribution in [0.3, 0.4) is 0 Å². The number of hydrogen-bond donors (Lipinski definition) is 1. The minimum absolute atomic E-state index is 0.164. The molecule has 28 heavy (non-hydrogen) atoms. The highest BCUT2D eigenvalue weighted by atomic mass is 32.2. The van der Waals surface area contributed by atoms with Crippen LogP contribution >= 0.6 is 23.1 Å². The standard InChI is InChI=1S/C19H23N5O2S2/c1-4-12-5-6-14-13(8-12)9-15(28-14)18-21-22-19(24(18)3)27-10-16(25)20-17-7-11(2)23-26-17/h7,9,12H,4-6,8,10H2,1-3H3,(H,20,25). The summed E-state index contributed by atoms with van der Waals surface area (Å²) < 4.78 is 6.97. The predicted molar refractivity (Wildman–Crippen MR) is 111 cm³/mol. The van der Waals surface area contributed by atoms with E-state index in [1.807, 2.05) is 23.0 Å². The summed E-state index contributed by atoms with van der Waals surface area (Å²) in [5.41, 5.74) is 2.20. The van der Waals surface area contributed by atoms with Crippen LogP contribution in [0.4, 0.5) is 5.88 Å². The molecule has 7 nitrogen and oxygen atoms in total. The van der Waals surface area contributed by atoms with Gasteiger partial charge in [-0.1, -0.05) is 30.3 Å². The molecule has 3 aromatic rings. The molecule has 148 valence electrons. The Kier molecular flexibility index (Phi) is 5.54. The molecule has 0 radical (unpaired) electrons. The topological polar surface area (TPSA) is 85.8 Å². The number of thiophene rings is 1. The minimum atomic E-state index is -0.164. The van der Waals surface area contributed by atoms with E-state index in [1.54, 1.807) is 13.0 Å². The predicted octanol–water partition coefficient (Wildman–Crippen LogP) is 4.09. The van der Waals surface area contributed by atoms with Crippen LogP contribution in [0.2, 0.25) is 0 Å². The van der Waals surface area contributed by atoms with Crippen LogP contribution in [0.1, 0.15) is 35.9 Å². The molecule has 0 aromatic carbocycles. The number of anilines is 1. The Morgan fingerprint density at radius 3 is 3.04 bits per heavy atom. The van der Waals surface area contributed by atoms with Crippen molar-refractivity contribution < 1.29 is 9.32 Å². The third kappa shape index (κ3) is 4.00. The Balaban J connectivity index is 1.42. The van der Waals surface area contributed by atoms with Crippen molar-refractivity contribution in [2.45, 2.75) is 44.7 Å². The Labute approximate surface area is 171 Å². The second-order valence-electron chi connectivity index (χ2n) is 7.11. The average Bonchev–Trinajstić information content (AvgIpc) is 3.37. The molecular formula is C19H23N5O2S2. The number of thioether (sulfide) groups is 1. The molecule has 3 aromatic heterocycles. The van der Waals surface area contributed by atoms with Gasteiger partial charge >= 0.3 is 0 Å². The molecule has 0 saturated heterocycles. The van der Waals surface area contributed by atoms with Crippen LogP contribution in [0.5, 0.6) is 0 Å². The van der Waals surface area contributed by atoms with E-state index < -0.39 is 0 Å². The van der Waals surface area contributed by atoms with Crippen LogP contribution < -0.4 is 5.32 Å². The molecule has 0 spiro atoms. The lowest BCUT2D eigenvalue weighted by Crippen LogP contribution is -2.14. The molecule has 1 aliphatic rings. The number of aryl methyl sites for hydroxylation is 2. The molecule has 1 atom stereocenters. The fourth-order valence-electron chi connectivity index (χ4n) is 3.44. The lowest BCUT2D eigenvalue weighted by atomic mass is 9.87. The maximum absolute atomic E-state index is 12.1. The van der Waals surface area contributed by atoms with E-state index in [1.165, 1.54) is 47.9 Å². The monoisotopic (exact) mass is 417 g/mol. The molecular weight excluding hydrogens is 394 g/mol. The second kappa shape index (κ2) is 8.08. The normalized spacial score (nSPS) is 16.2. The third-order valence-corrected chi connectivity index (χ3v) is 7.29. The van der Waals surface area contributed by atoms with Gasteiger partial charge in [0, 0.05) is 18.0 Å². The first-order valence-electron chi connectivity index (χ1n) is 9.40. The smallest absolute Gasteiger partial charge is 0.237 e. The molecule has 1 aliphatic carbocycles. The largest absolute Gasteiger partial charge is 0.338 e. The van der Waals surface area contributed by atoms with Crippen LogP contribution in [0.25, 0.3) is 10.7 Å². The fraction of sp³-hybridized carbons (Fsp3) is 0.474. The van der Waals surface area contributed by atoms with Crippen molar-refractivity contribution in [1.82, 2.24) is 19.9 Å².